The van der Waals surface area contributed by atoms with Crippen LogP contribution in [-0.4, -0.2) is 56.2 Å². The number of nitrogens with two attached hydrogens (primary N) is 1. The zero-order chi connectivity index (χ0) is 12.7. The SMILES string of the molecule is CCCN1CCC(NC(=O)C(CN)OC)CC1.Cl.Cl. The number of nitrogens with zero attached hydrogens (tertiary/aromatic N) is 1. The minimum absolute atomic E-state index is 0. The molecule has 3 N–H and O–H groups in total. The van der Waals surface area contributed by atoms with E-state index in [0.29, 0.717) is 0 Å². The number of carbonyl (C=O) groups excluding carboxylic acids is 1. The lowest BCUT2D eigenvalue weighted by molar-refractivity contribution is -0.131. The molecule has 1 aliphatic rings. The van der Waals surface area contributed by atoms with E-state index in [4.69, 9.17) is 10.5 Å². The second kappa shape index (κ2) is 11.7. The number of methoxy groups -OCH3 is 1. The van der Waals surface area contributed by atoms with E-state index in [0.717, 1.165) is 32.5 Å². The third-order valence-electron chi connectivity index (χ3n) is 3.26. The summed E-state index contributed by atoms with van der Waals surface area (Å²) in [6.07, 6.45) is 2.72. The van der Waals surface area contributed by atoms with Crippen LogP contribution in [0.15, 0.2) is 0 Å². The van der Waals surface area contributed by atoms with E-state index in [-0.39, 0.29) is 43.3 Å². The van der Waals surface area contributed by atoms with Gasteiger partial charge in [-0.15, -0.1) is 24.8 Å². The zero-order valence-corrected chi connectivity index (χ0v) is 13.4. The van der Waals surface area contributed by atoms with Gasteiger partial charge in [0.1, 0.15) is 6.10 Å². The standard InChI is InChI=1S/C12H25N3O2.2ClH/c1-3-6-15-7-4-10(5-8-15)14-12(16)11(9-13)17-2;;/h10-11H,3-9,13H2,1-2H3,(H,14,16);2*1H. The van der Waals surface area contributed by atoms with E-state index in [1.54, 1.807) is 0 Å². The fourth-order valence-electron chi connectivity index (χ4n) is 2.22. The van der Waals surface area contributed by atoms with Crippen LogP contribution in [0.25, 0.3) is 0 Å². The number of amides is 1. The van der Waals surface area contributed by atoms with Crippen molar-refractivity contribution in [2.45, 2.75) is 38.3 Å². The van der Waals surface area contributed by atoms with Crippen molar-refractivity contribution in [1.82, 2.24) is 10.2 Å². The van der Waals surface area contributed by atoms with Crippen LogP contribution in [0.5, 0.6) is 0 Å². The van der Waals surface area contributed by atoms with Gasteiger partial charge < -0.3 is 20.7 Å². The smallest absolute Gasteiger partial charge is 0.250 e. The van der Waals surface area contributed by atoms with Crippen molar-refractivity contribution in [2.75, 3.05) is 33.3 Å². The summed E-state index contributed by atoms with van der Waals surface area (Å²) in [5.74, 6) is -0.0797. The van der Waals surface area contributed by atoms with Crippen LogP contribution in [0.4, 0.5) is 0 Å². The summed E-state index contributed by atoms with van der Waals surface area (Å²) >= 11 is 0. The maximum atomic E-state index is 11.8. The molecule has 0 aromatic carbocycles. The van der Waals surface area contributed by atoms with Crippen molar-refractivity contribution in [1.29, 1.82) is 0 Å². The maximum absolute atomic E-state index is 11.8. The zero-order valence-electron chi connectivity index (χ0n) is 11.8. The van der Waals surface area contributed by atoms with Crippen molar-refractivity contribution in [3.63, 3.8) is 0 Å². The molecule has 0 radical (unpaired) electrons. The van der Waals surface area contributed by atoms with Crippen LogP contribution >= 0.6 is 24.8 Å². The van der Waals surface area contributed by atoms with Gasteiger partial charge in [-0.2, -0.15) is 0 Å². The van der Waals surface area contributed by atoms with Gasteiger partial charge in [-0.05, 0) is 25.8 Å². The lowest BCUT2D eigenvalue weighted by atomic mass is 10.0. The minimum Gasteiger partial charge on any atom is -0.370 e. The lowest BCUT2D eigenvalue weighted by Gasteiger charge is -2.32. The molecule has 1 fully saturated rings. The fourth-order valence-corrected chi connectivity index (χ4v) is 2.22. The third kappa shape index (κ3) is 7.32. The van der Waals surface area contributed by atoms with Crippen molar-refractivity contribution < 1.29 is 9.53 Å². The second-order valence-electron chi connectivity index (χ2n) is 4.58. The molecule has 0 aliphatic carbocycles. The van der Waals surface area contributed by atoms with Crippen LogP contribution in [0.1, 0.15) is 26.2 Å². The number of rotatable bonds is 6. The van der Waals surface area contributed by atoms with Gasteiger partial charge in [0.15, 0.2) is 0 Å². The number of carbonyl (C=O) groups is 1. The number of nitrogens with one attached hydrogen (secondary N) is 1. The highest BCUT2D eigenvalue weighted by atomic mass is 35.5. The molecule has 7 heteroatoms. The molecule has 1 unspecified atom stereocenters. The molecule has 1 aliphatic heterocycles. The Morgan fingerprint density at radius 1 is 1.42 bits per heavy atom. The molecule has 1 heterocycles. The van der Waals surface area contributed by atoms with Gasteiger partial charge in [0, 0.05) is 32.8 Å². The summed E-state index contributed by atoms with van der Waals surface area (Å²) in [6.45, 7) is 5.72. The Morgan fingerprint density at radius 3 is 2.42 bits per heavy atom. The number of hydrogen-bond donors (Lipinski definition) is 2. The molecule has 1 rings (SSSR count). The Labute approximate surface area is 128 Å². The Kier molecular flexibility index (Phi) is 13.1. The quantitative estimate of drug-likeness (QED) is 0.760. The number of halogens is 2. The molecular weight excluding hydrogens is 289 g/mol. The van der Waals surface area contributed by atoms with Crippen molar-refractivity contribution >= 4 is 30.7 Å². The van der Waals surface area contributed by atoms with Gasteiger partial charge in [-0.1, -0.05) is 6.92 Å². The summed E-state index contributed by atoms with van der Waals surface area (Å²) in [6, 6.07) is 0.278. The molecule has 116 valence electrons. The first kappa shape index (κ1) is 21.2. The highest BCUT2D eigenvalue weighted by molar-refractivity contribution is 5.85. The Balaban J connectivity index is 0. The van der Waals surface area contributed by atoms with Gasteiger partial charge in [0.25, 0.3) is 5.91 Å². The molecule has 1 amide bonds. The molecule has 1 saturated heterocycles. The topological polar surface area (TPSA) is 67.6 Å². The average Bonchev–Trinajstić information content (AvgIpc) is 2.33. The van der Waals surface area contributed by atoms with E-state index in [9.17, 15) is 4.79 Å². The van der Waals surface area contributed by atoms with Crippen LogP contribution in [-0.2, 0) is 9.53 Å². The summed E-state index contributed by atoms with van der Waals surface area (Å²) in [4.78, 5) is 14.2. The van der Waals surface area contributed by atoms with E-state index in [1.165, 1.54) is 13.5 Å². The first-order chi connectivity index (χ1) is 8.21. The molecule has 0 saturated carbocycles. The normalized spacial score (nSPS) is 18.1. The van der Waals surface area contributed by atoms with Crippen LogP contribution in [0.2, 0.25) is 0 Å². The Bertz CT molecular complexity index is 233. The third-order valence-corrected chi connectivity index (χ3v) is 3.26. The number of piperidine rings is 1. The van der Waals surface area contributed by atoms with Gasteiger partial charge in [-0.3, -0.25) is 4.79 Å². The number of hydrogen-bond acceptors (Lipinski definition) is 4. The largest absolute Gasteiger partial charge is 0.370 e. The predicted molar refractivity (Wildman–Crippen MR) is 82.2 cm³/mol. The molecule has 0 aromatic rings. The molecule has 0 aromatic heterocycles. The number of likely N-dealkylation sites (tertiary alicyclic amines) is 1. The Morgan fingerprint density at radius 2 is 2.00 bits per heavy atom. The van der Waals surface area contributed by atoms with E-state index in [2.05, 4.69) is 17.1 Å². The monoisotopic (exact) mass is 315 g/mol. The second-order valence-corrected chi connectivity index (χ2v) is 4.58. The van der Waals surface area contributed by atoms with Gasteiger partial charge in [-0.25, -0.2) is 0 Å². The van der Waals surface area contributed by atoms with Gasteiger partial charge in [0.05, 0.1) is 0 Å². The van der Waals surface area contributed by atoms with Crippen LogP contribution in [0.3, 0.4) is 0 Å². The summed E-state index contributed by atoms with van der Waals surface area (Å²) in [7, 11) is 1.51. The first-order valence-electron chi connectivity index (χ1n) is 6.46. The molecule has 19 heavy (non-hydrogen) atoms. The molecule has 0 spiro atoms. The van der Waals surface area contributed by atoms with E-state index >= 15 is 0 Å². The van der Waals surface area contributed by atoms with E-state index in [1.807, 2.05) is 0 Å². The van der Waals surface area contributed by atoms with Crippen molar-refractivity contribution in [2.24, 2.45) is 5.73 Å². The minimum atomic E-state index is -0.510. The highest BCUT2D eigenvalue weighted by Gasteiger charge is 2.23. The highest BCUT2D eigenvalue weighted by Crippen LogP contribution is 2.10. The van der Waals surface area contributed by atoms with Crippen molar-refractivity contribution in [3.05, 3.63) is 0 Å². The summed E-state index contributed by atoms with van der Waals surface area (Å²) in [5.41, 5.74) is 5.46. The first-order valence-corrected chi connectivity index (χ1v) is 6.46. The lowest BCUT2D eigenvalue weighted by Crippen LogP contribution is -2.49. The Hall–Kier alpha value is -0.0700. The molecular formula is C12H27Cl2N3O2. The van der Waals surface area contributed by atoms with Crippen LogP contribution in [0, 0.1) is 0 Å². The van der Waals surface area contributed by atoms with Crippen molar-refractivity contribution in [3.8, 4) is 0 Å². The molecule has 5 nitrogen and oxygen atoms in total. The van der Waals surface area contributed by atoms with E-state index < -0.39 is 6.10 Å². The number of ether oxygens (including phenoxy) is 1. The van der Waals surface area contributed by atoms with Crippen LogP contribution < -0.4 is 11.1 Å². The molecule has 0 bridgehead atoms. The predicted octanol–water partition coefficient (Wildman–Crippen LogP) is 0.794. The van der Waals surface area contributed by atoms with Gasteiger partial charge >= 0.3 is 0 Å². The summed E-state index contributed by atoms with van der Waals surface area (Å²) in [5, 5.41) is 3.01. The average molecular weight is 316 g/mol. The van der Waals surface area contributed by atoms with Gasteiger partial charge in [0.2, 0.25) is 0 Å². The molecule has 1 atom stereocenters. The fraction of sp³-hybridized carbons (Fsp3) is 0.917. The maximum Gasteiger partial charge on any atom is 0.250 e. The summed E-state index contributed by atoms with van der Waals surface area (Å²) < 4.78 is 5.02.